The van der Waals surface area contributed by atoms with Crippen LogP contribution in [0.3, 0.4) is 0 Å². The SMILES string of the molecule is Cc1cn(CC(C)C)c(NCCC(C)c2ccccc2)n1. The van der Waals surface area contributed by atoms with Gasteiger partial charge in [0.15, 0.2) is 0 Å². The third-order valence-electron chi connectivity index (χ3n) is 3.69. The van der Waals surface area contributed by atoms with Crippen LogP contribution in [0.5, 0.6) is 0 Å². The van der Waals surface area contributed by atoms with Gasteiger partial charge in [0, 0.05) is 19.3 Å². The molecule has 114 valence electrons. The first-order valence-electron chi connectivity index (χ1n) is 7.89. The predicted molar refractivity (Wildman–Crippen MR) is 89.8 cm³/mol. The van der Waals surface area contributed by atoms with E-state index in [4.69, 9.17) is 0 Å². The maximum absolute atomic E-state index is 4.59. The molecule has 3 heteroatoms. The number of nitrogens with zero attached hydrogens (tertiary/aromatic N) is 2. The van der Waals surface area contributed by atoms with Gasteiger partial charge in [-0.1, -0.05) is 51.1 Å². The second-order valence-electron chi connectivity index (χ2n) is 6.28. The van der Waals surface area contributed by atoms with Gasteiger partial charge < -0.3 is 9.88 Å². The van der Waals surface area contributed by atoms with Crippen molar-refractivity contribution < 1.29 is 0 Å². The van der Waals surface area contributed by atoms with Gasteiger partial charge in [-0.15, -0.1) is 0 Å². The van der Waals surface area contributed by atoms with Crippen LogP contribution in [-0.4, -0.2) is 16.1 Å². The molecule has 0 aliphatic heterocycles. The number of hydrogen-bond donors (Lipinski definition) is 1. The fourth-order valence-electron chi connectivity index (χ4n) is 2.57. The molecule has 0 aliphatic carbocycles. The van der Waals surface area contributed by atoms with Crippen LogP contribution < -0.4 is 5.32 Å². The van der Waals surface area contributed by atoms with Crippen molar-refractivity contribution in [1.82, 2.24) is 9.55 Å². The van der Waals surface area contributed by atoms with E-state index in [9.17, 15) is 0 Å². The number of hydrogen-bond acceptors (Lipinski definition) is 2. The predicted octanol–water partition coefficient (Wildman–Crippen LogP) is 4.45. The molecule has 0 aliphatic rings. The number of aromatic nitrogens is 2. The van der Waals surface area contributed by atoms with Gasteiger partial charge in [0.05, 0.1) is 5.69 Å². The molecule has 0 saturated carbocycles. The first kappa shape index (κ1) is 15.6. The molecule has 2 aromatic rings. The summed E-state index contributed by atoms with van der Waals surface area (Å²) in [5, 5.41) is 3.49. The van der Waals surface area contributed by atoms with E-state index in [2.05, 4.69) is 79.1 Å². The molecule has 3 nitrogen and oxygen atoms in total. The standard InChI is InChI=1S/C18H27N3/c1-14(2)12-21-13-16(4)20-18(21)19-11-10-15(3)17-8-6-5-7-9-17/h5-9,13-15H,10-12H2,1-4H3,(H,19,20). The highest BCUT2D eigenvalue weighted by Crippen LogP contribution is 2.19. The third kappa shape index (κ3) is 4.62. The molecule has 1 aromatic carbocycles. The zero-order valence-electron chi connectivity index (χ0n) is 13.6. The van der Waals surface area contributed by atoms with E-state index >= 15 is 0 Å². The fraction of sp³-hybridized carbons (Fsp3) is 0.500. The van der Waals surface area contributed by atoms with Gasteiger partial charge in [0.25, 0.3) is 0 Å². The minimum absolute atomic E-state index is 0.563. The summed E-state index contributed by atoms with van der Waals surface area (Å²) in [4.78, 5) is 4.59. The second-order valence-corrected chi connectivity index (χ2v) is 6.28. The fourth-order valence-corrected chi connectivity index (χ4v) is 2.57. The quantitative estimate of drug-likeness (QED) is 0.814. The highest BCUT2D eigenvalue weighted by molar-refractivity contribution is 5.29. The summed E-state index contributed by atoms with van der Waals surface area (Å²) in [5.74, 6) is 2.19. The van der Waals surface area contributed by atoms with Crippen molar-refractivity contribution in [3.8, 4) is 0 Å². The lowest BCUT2D eigenvalue weighted by Gasteiger charge is -2.14. The van der Waals surface area contributed by atoms with E-state index in [1.54, 1.807) is 0 Å². The number of imidazole rings is 1. The smallest absolute Gasteiger partial charge is 0.203 e. The van der Waals surface area contributed by atoms with Crippen molar-refractivity contribution in [2.24, 2.45) is 5.92 Å². The Bertz CT molecular complexity index is 543. The molecule has 1 atom stereocenters. The summed E-state index contributed by atoms with van der Waals surface area (Å²) in [5.41, 5.74) is 2.48. The van der Waals surface area contributed by atoms with Gasteiger partial charge >= 0.3 is 0 Å². The summed E-state index contributed by atoms with van der Waals surface area (Å²) in [6.07, 6.45) is 3.24. The molecule has 1 aromatic heterocycles. The van der Waals surface area contributed by atoms with Crippen LogP contribution in [0.15, 0.2) is 36.5 Å². The van der Waals surface area contributed by atoms with Crippen molar-refractivity contribution in [3.05, 3.63) is 47.8 Å². The first-order valence-corrected chi connectivity index (χ1v) is 7.89. The lowest BCUT2D eigenvalue weighted by Crippen LogP contribution is -2.12. The molecule has 21 heavy (non-hydrogen) atoms. The van der Waals surface area contributed by atoms with Crippen LogP contribution in [0, 0.1) is 12.8 Å². The molecular weight excluding hydrogens is 258 g/mol. The molecule has 1 N–H and O–H groups in total. The average molecular weight is 285 g/mol. The minimum Gasteiger partial charge on any atom is -0.356 e. The first-order chi connectivity index (χ1) is 10.1. The summed E-state index contributed by atoms with van der Waals surface area (Å²) in [6.45, 7) is 10.8. The lowest BCUT2D eigenvalue weighted by molar-refractivity contribution is 0.525. The Morgan fingerprint density at radius 3 is 2.52 bits per heavy atom. The largest absolute Gasteiger partial charge is 0.356 e. The van der Waals surface area contributed by atoms with E-state index in [0.29, 0.717) is 11.8 Å². The van der Waals surface area contributed by atoms with Gasteiger partial charge in [0.1, 0.15) is 0 Å². The van der Waals surface area contributed by atoms with Gasteiger partial charge in [-0.25, -0.2) is 4.98 Å². The van der Waals surface area contributed by atoms with Crippen molar-refractivity contribution in [2.45, 2.75) is 46.6 Å². The third-order valence-corrected chi connectivity index (χ3v) is 3.69. The number of aryl methyl sites for hydroxylation is 1. The van der Waals surface area contributed by atoms with Gasteiger partial charge in [0.2, 0.25) is 5.95 Å². The van der Waals surface area contributed by atoms with Crippen LogP contribution in [0.2, 0.25) is 0 Å². The lowest BCUT2D eigenvalue weighted by atomic mass is 9.98. The van der Waals surface area contributed by atoms with E-state index < -0.39 is 0 Å². The zero-order chi connectivity index (χ0) is 15.2. The monoisotopic (exact) mass is 285 g/mol. The van der Waals surface area contributed by atoms with Crippen LogP contribution in [0.4, 0.5) is 5.95 Å². The Morgan fingerprint density at radius 1 is 1.14 bits per heavy atom. The Balaban J connectivity index is 1.89. The number of benzene rings is 1. The number of anilines is 1. The molecule has 0 saturated heterocycles. The second kappa shape index (κ2) is 7.30. The van der Waals surface area contributed by atoms with Gasteiger partial charge in [-0.3, -0.25) is 0 Å². The highest BCUT2D eigenvalue weighted by atomic mass is 15.2. The van der Waals surface area contributed by atoms with E-state index in [-0.39, 0.29) is 0 Å². The molecule has 1 heterocycles. The summed E-state index contributed by atoms with van der Waals surface area (Å²) in [7, 11) is 0. The minimum atomic E-state index is 0.563. The summed E-state index contributed by atoms with van der Waals surface area (Å²) < 4.78 is 2.23. The molecule has 0 radical (unpaired) electrons. The Kier molecular flexibility index (Phi) is 5.43. The molecule has 0 amide bonds. The molecular formula is C18H27N3. The maximum Gasteiger partial charge on any atom is 0.203 e. The Hall–Kier alpha value is -1.77. The maximum atomic E-state index is 4.59. The molecule has 0 fully saturated rings. The summed E-state index contributed by atoms with van der Waals surface area (Å²) >= 11 is 0. The van der Waals surface area contributed by atoms with Gasteiger partial charge in [-0.2, -0.15) is 0 Å². The Morgan fingerprint density at radius 2 is 1.86 bits per heavy atom. The molecule has 1 unspecified atom stereocenters. The number of nitrogens with one attached hydrogen (secondary N) is 1. The van der Waals surface area contributed by atoms with Crippen molar-refractivity contribution in [3.63, 3.8) is 0 Å². The molecule has 0 spiro atoms. The number of rotatable bonds is 7. The van der Waals surface area contributed by atoms with Crippen molar-refractivity contribution >= 4 is 5.95 Å². The Labute approximate surface area is 128 Å². The van der Waals surface area contributed by atoms with E-state index in [1.807, 2.05) is 0 Å². The van der Waals surface area contributed by atoms with E-state index in [0.717, 1.165) is 31.2 Å². The van der Waals surface area contributed by atoms with Crippen LogP contribution in [0.25, 0.3) is 0 Å². The average Bonchev–Trinajstić information content (AvgIpc) is 2.79. The van der Waals surface area contributed by atoms with Crippen LogP contribution >= 0.6 is 0 Å². The van der Waals surface area contributed by atoms with Crippen LogP contribution in [-0.2, 0) is 6.54 Å². The highest BCUT2D eigenvalue weighted by Gasteiger charge is 2.08. The summed E-state index contributed by atoms with van der Waals surface area (Å²) in [6, 6.07) is 10.7. The molecule has 2 rings (SSSR count). The van der Waals surface area contributed by atoms with E-state index in [1.165, 1.54) is 5.56 Å². The van der Waals surface area contributed by atoms with Crippen LogP contribution in [0.1, 0.15) is 44.4 Å². The van der Waals surface area contributed by atoms with Crippen molar-refractivity contribution in [2.75, 3.05) is 11.9 Å². The zero-order valence-corrected chi connectivity index (χ0v) is 13.6. The topological polar surface area (TPSA) is 29.9 Å². The van der Waals surface area contributed by atoms with Gasteiger partial charge in [-0.05, 0) is 30.7 Å². The van der Waals surface area contributed by atoms with Crippen molar-refractivity contribution in [1.29, 1.82) is 0 Å². The normalized spacial score (nSPS) is 12.6. The molecule has 0 bridgehead atoms.